The Morgan fingerprint density at radius 3 is 2.50 bits per heavy atom. The van der Waals surface area contributed by atoms with Crippen LogP contribution in [0.4, 0.5) is 5.69 Å². The number of ether oxygens (including phenoxy) is 1. The molecule has 8 heteroatoms. The first-order valence-electron chi connectivity index (χ1n) is 9.20. The Kier molecular flexibility index (Phi) is 6.26. The number of rotatable bonds is 6. The Bertz CT molecular complexity index is 1150. The molecule has 0 aliphatic carbocycles. The molecule has 3 aromatic rings. The number of hydrogen-bond donors (Lipinski definition) is 2. The summed E-state index contributed by atoms with van der Waals surface area (Å²) in [6, 6.07) is 13.7. The molecule has 0 saturated carbocycles. The van der Waals surface area contributed by atoms with Crippen molar-refractivity contribution >= 4 is 34.4 Å². The number of nitrogens with one attached hydrogen (secondary N) is 2. The van der Waals surface area contributed by atoms with E-state index < -0.39 is 23.5 Å². The van der Waals surface area contributed by atoms with Gasteiger partial charge in [0.1, 0.15) is 18.2 Å². The maximum atomic E-state index is 12.3. The van der Waals surface area contributed by atoms with Crippen molar-refractivity contribution in [1.29, 1.82) is 0 Å². The minimum Gasteiger partial charge on any atom is -0.459 e. The highest BCUT2D eigenvalue weighted by molar-refractivity contribution is 5.96. The summed E-state index contributed by atoms with van der Waals surface area (Å²) in [5.74, 6) is -1.29. The maximum absolute atomic E-state index is 12.3. The molecule has 30 heavy (non-hydrogen) atoms. The number of fused-ring (bicyclic) bond motifs is 1. The fourth-order valence-corrected chi connectivity index (χ4v) is 2.83. The summed E-state index contributed by atoms with van der Waals surface area (Å²) in [6.45, 7) is 2.71. The van der Waals surface area contributed by atoms with Gasteiger partial charge in [-0.2, -0.15) is 0 Å². The average molecular weight is 408 g/mol. The van der Waals surface area contributed by atoms with E-state index in [4.69, 9.17) is 9.15 Å². The van der Waals surface area contributed by atoms with E-state index in [1.165, 1.54) is 26.0 Å². The molecule has 1 unspecified atom stereocenters. The van der Waals surface area contributed by atoms with E-state index in [-0.39, 0.29) is 18.1 Å². The third-order valence-electron chi connectivity index (χ3n) is 4.26. The number of benzene rings is 2. The molecule has 0 aliphatic rings. The Morgan fingerprint density at radius 2 is 1.80 bits per heavy atom. The zero-order valence-electron chi connectivity index (χ0n) is 16.4. The van der Waals surface area contributed by atoms with Gasteiger partial charge < -0.3 is 19.8 Å². The molecule has 3 rings (SSSR count). The van der Waals surface area contributed by atoms with Crippen LogP contribution in [0.5, 0.6) is 0 Å². The second-order valence-electron chi connectivity index (χ2n) is 6.65. The minimum absolute atomic E-state index is 0.175. The molecule has 8 nitrogen and oxygen atoms in total. The van der Waals surface area contributed by atoms with Crippen molar-refractivity contribution in [3.05, 3.63) is 76.1 Å². The van der Waals surface area contributed by atoms with Crippen LogP contribution in [0.25, 0.3) is 11.0 Å². The molecule has 0 aliphatic heterocycles. The third kappa shape index (κ3) is 5.11. The van der Waals surface area contributed by atoms with E-state index in [0.717, 1.165) is 0 Å². The van der Waals surface area contributed by atoms with E-state index >= 15 is 0 Å². The lowest BCUT2D eigenvalue weighted by atomic mass is 10.1. The molecule has 0 saturated heterocycles. The van der Waals surface area contributed by atoms with Crippen LogP contribution in [0, 0.1) is 0 Å². The molecule has 0 fully saturated rings. The lowest BCUT2D eigenvalue weighted by Crippen LogP contribution is -2.39. The summed E-state index contributed by atoms with van der Waals surface area (Å²) in [7, 11) is 0. The van der Waals surface area contributed by atoms with Crippen molar-refractivity contribution in [2.75, 3.05) is 5.32 Å². The quantitative estimate of drug-likeness (QED) is 0.479. The zero-order valence-corrected chi connectivity index (χ0v) is 16.4. The van der Waals surface area contributed by atoms with E-state index in [2.05, 4.69) is 10.6 Å². The molecule has 0 radical (unpaired) electrons. The first-order valence-corrected chi connectivity index (χ1v) is 9.20. The van der Waals surface area contributed by atoms with Gasteiger partial charge in [-0.25, -0.2) is 9.59 Å². The van der Waals surface area contributed by atoms with Crippen molar-refractivity contribution in [3.63, 3.8) is 0 Å². The summed E-state index contributed by atoms with van der Waals surface area (Å²) in [4.78, 5) is 47.5. The van der Waals surface area contributed by atoms with Crippen LogP contribution in [0.1, 0.15) is 29.8 Å². The molecule has 1 heterocycles. The highest BCUT2D eigenvalue weighted by Crippen LogP contribution is 2.22. The topological polar surface area (TPSA) is 115 Å². The summed E-state index contributed by atoms with van der Waals surface area (Å²) >= 11 is 0. The number of carbonyl (C=O) groups is 3. The predicted octanol–water partition coefficient (Wildman–Crippen LogP) is 2.61. The zero-order chi connectivity index (χ0) is 21.7. The van der Waals surface area contributed by atoms with Crippen LogP contribution >= 0.6 is 0 Å². The van der Waals surface area contributed by atoms with Crippen LogP contribution < -0.4 is 16.3 Å². The molecule has 0 bridgehead atoms. The Morgan fingerprint density at radius 1 is 1.07 bits per heavy atom. The lowest BCUT2D eigenvalue weighted by Gasteiger charge is -2.14. The Hall–Kier alpha value is -3.94. The number of carbonyl (C=O) groups excluding carboxylic acids is 3. The summed E-state index contributed by atoms with van der Waals surface area (Å²) in [5.41, 5.74) is 0.998. The van der Waals surface area contributed by atoms with Crippen LogP contribution in [-0.4, -0.2) is 23.8 Å². The smallest absolute Gasteiger partial charge is 0.336 e. The van der Waals surface area contributed by atoms with Crippen LogP contribution in [-0.2, 0) is 20.9 Å². The molecule has 154 valence electrons. The molecule has 1 atom stereocenters. The summed E-state index contributed by atoms with van der Waals surface area (Å²) in [5, 5.41) is 5.75. The first kappa shape index (κ1) is 20.8. The number of anilines is 1. The van der Waals surface area contributed by atoms with Crippen LogP contribution in [0.2, 0.25) is 0 Å². The first-order chi connectivity index (χ1) is 14.3. The van der Waals surface area contributed by atoms with Gasteiger partial charge in [0.25, 0.3) is 5.91 Å². The highest BCUT2D eigenvalue weighted by Gasteiger charge is 2.19. The van der Waals surface area contributed by atoms with Gasteiger partial charge in [0.2, 0.25) is 5.91 Å². The van der Waals surface area contributed by atoms with Gasteiger partial charge in [-0.05, 0) is 31.2 Å². The van der Waals surface area contributed by atoms with Gasteiger partial charge >= 0.3 is 11.6 Å². The summed E-state index contributed by atoms with van der Waals surface area (Å²) < 4.78 is 10.5. The van der Waals surface area contributed by atoms with E-state index in [9.17, 15) is 19.2 Å². The maximum Gasteiger partial charge on any atom is 0.336 e. The summed E-state index contributed by atoms with van der Waals surface area (Å²) in [6.07, 6.45) is 0. The second kappa shape index (κ2) is 9.04. The van der Waals surface area contributed by atoms with Crippen molar-refractivity contribution < 1.29 is 23.5 Å². The largest absolute Gasteiger partial charge is 0.459 e. The molecule has 2 amide bonds. The average Bonchev–Trinajstić information content (AvgIpc) is 2.71. The predicted molar refractivity (Wildman–Crippen MR) is 110 cm³/mol. The Labute approximate surface area is 171 Å². The molecule has 0 spiro atoms. The number of amides is 2. The van der Waals surface area contributed by atoms with Gasteiger partial charge in [0.05, 0.1) is 0 Å². The van der Waals surface area contributed by atoms with E-state index in [1.807, 2.05) is 0 Å². The number of hydrogen-bond acceptors (Lipinski definition) is 6. The van der Waals surface area contributed by atoms with Crippen LogP contribution in [0.3, 0.4) is 0 Å². The second-order valence-corrected chi connectivity index (χ2v) is 6.65. The van der Waals surface area contributed by atoms with Crippen molar-refractivity contribution in [1.82, 2.24) is 5.32 Å². The highest BCUT2D eigenvalue weighted by atomic mass is 16.5. The standard InChI is InChI=1S/C22H20N2O6/c1-13(23-21(27)15-6-4-3-5-7-15)22(28)29-12-16-10-20(26)30-19-11-17(24-14(2)25)8-9-18(16)19/h3-11,13H,12H2,1-2H3,(H,23,27)(H,24,25). The van der Waals surface area contributed by atoms with Gasteiger partial charge in [-0.15, -0.1) is 0 Å². The van der Waals surface area contributed by atoms with E-state index in [0.29, 0.717) is 22.2 Å². The van der Waals surface area contributed by atoms with Gasteiger partial charge in [0, 0.05) is 41.3 Å². The fraction of sp³-hybridized carbons (Fsp3) is 0.182. The van der Waals surface area contributed by atoms with Gasteiger partial charge in [-0.3, -0.25) is 9.59 Å². The molecule has 1 aromatic heterocycles. The monoisotopic (exact) mass is 408 g/mol. The van der Waals surface area contributed by atoms with Gasteiger partial charge in [-0.1, -0.05) is 18.2 Å². The minimum atomic E-state index is -0.879. The van der Waals surface area contributed by atoms with Crippen molar-refractivity contribution in [2.45, 2.75) is 26.5 Å². The van der Waals surface area contributed by atoms with Crippen molar-refractivity contribution in [3.8, 4) is 0 Å². The lowest BCUT2D eigenvalue weighted by molar-refractivity contribution is -0.146. The fourth-order valence-electron chi connectivity index (χ4n) is 2.83. The van der Waals surface area contributed by atoms with Crippen molar-refractivity contribution in [2.24, 2.45) is 0 Å². The Balaban J connectivity index is 1.70. The SMILES string of the molecule is CC(=O)Nc1ccc2c(COC(=O)C(C)NC(=O)c3ccccc3)cc(=O)oc2c1. The molecular weight excluding hydrogens is 388 g/mol. The molecular formula is C22H20N2O6. The molecule has 2 aromatic carbocycles. The van der Waals surface area contributed by atoms with E-state index in [1.54, 1.807) is 42.5 Å². The molecule has 2 N–H and O–H groups in total. The van der Waals surface area contributed by atoms with Gasteiger partial charge in [0.15, 0.2) is 0 Å². The normalized spacial score (nSPS) is 11.5. The number of esters is 1. The van der Waals surface area contributed by atoms with Crippen LogP contribution in [0.15, 0.2) is 63.8 Å². The third-order valence-corrected chi connectivity index (χ3v) is 4.26.